The fourth-order valence-corrected chi connectivity index (χ4v) is 3.87. The molecule has 0 saturated heterocycles. The Morgan fingerprint density at radius 1 is 0.829 bits per heavy atom. The van der Waals surface area contributed by atoms with E-state index in [2.05, 4.69) is 5.32 Å². The summed E-state index contributed by atoms with van der Waals surface area (Å²) in [6.07, 6.45) is -4.59. The normalized spacial score (nSPS) is 11.5. The Bertz CT molecular complexity index is 1080. The van der Waals surface area contributed by atoms with E-state index in [0.717, 1.165) is 17.2 Å². The van der Waals surface area contributed by atoms with Gasteiger partial charge in [-0.25, -0.2) is 0 Å². The van der Waals surface area contributed by atoms with E-state index in [1.807, 2.05) is 60.7 Å². The van der Waals surface area contributed by atoms with Crippen LogP contribution in [0.2, 0.25) is 0 Å². The molecule has 0 unspecified atom stereocenters. The number of nitrogens with one attached hydrogen (secondary N) is 1. The molecule has 3 aromatic carbocycles. The molecule has 2 amide bonds. The van der Waals surface area contributed by atoms with Crippen LogP contribution in [0.4, 0.5) is 18.9 Å². The van der Waals surface area contributed by atoms with E-state index in [9.17, 15) is 22.8 Å². The summed E-state index contributed by atoms with van der Waals surface area (Å²) in [6.45, 7) is 1.88. The second kappa shape index (κ2) is 11.7. The van der Waals surface area contributed by atoms with Gasteiger partial charge in [0.05, 0.1) is 30.4 Å². The van der Waals surface area contributed by atoms with Gasteiger partial charge in [-0.15, -0.1) is 0 Å². The van der Waals surface area contributed by atoms with Gasteiger partial charge in [-0.05, 0) is 29.8 Å². The van der Waals surface area contributed by atoms with E-state index in [4.69, 9.17) is 0 Å². The third-order valence-corrected chi connectivity index (χ3v) is 5.69. The van der Waals surface area contributed by atoms with Crippen LogP contribution >= 0.6 is 0 Å². The minimum atomic E-state index is -4.59. The molecule has 35 heavy (non-hydrogen) atoms. The van der Waals surface area contributed by atoms with Gasteiger partial charge in [0.2, 0.25) is 11.8 Å². The Labute approximate surface area is 203 Å². The van der Waals surface area contributed by atoms with Crippen molar-refractivity contribution in [1.29, 1.82) is 0 Å². The van der Waals surface area contributed by atoms with E-state index in [1.54, 1.807) is 23.8 Å². The second-order valence-electron chi connectivity index (χ2n) is 8.12. The summed E-state index contributed by atoms with van der Waals surface area (Å²) in [6, 6.07) is 23.7. The summed E-state index contributed by atoms with van der Waals surface area (Å²) < 4.78 is 39.7. The van der Waals surface area contributed by atoms with Gasteiger partial charge in [0.1, 0.15) is 0 Å². The van der Waals surface area contributed by atoms with Gasteiger partial charge >= 0.3 is 6.18 Å². The molecule has 0 bridgehead atoms. The Balaban J connectivity index is 1.71. The highest BCUT2D eigenvalue weighted by molar-refractivity contribution is 5.93. The number of para-hydroxylation sites is 1. The lowest BCUT2D eigenvalue weighted by Gasteiger charge is -2.31. The number of carbonyl (C=O) groups excluding carboxylic acids is 2. The molecule has 0 spiro atoms. The molecule has 0 aliphatic heterocycles. The van der Waals surface area contributed by atoms with Crippen LogP contribution in [0.3, 0.4) is 0 Å². The first-order valence-electron chi connectivity index (χ1n) is 11.2. The minimum Gasteiger partial charge on any atom is -0.334 e. The molecule has 5 nitrogen and oxygen atoms in total. The number of hydrogen-bond donors (Lipinski definition) is 1. The third-order valence-electron chi connectivity index (χ3n) is 5.69. The molecule has 0 aliphatic rings. The molecule has 0 saturated carbocycles. The molecule has 0 aromatic heterocycles. The Hall–Kier alpha value is -3.65. The lowest BCUT2D eigenvalue weighted by molar-refractivity contribution is -0.137. The van der Waals surface area contributed by atoms with Gasteiger partial charge in [0.25, 0.3) is 0 Å². The fourth-order valence-electron chi connectivity index (χ4n) is 3.87. The van der Waals surface area contributed by atoms with E-state index in [0.29, 0.717) is 6.54 Å². The van der Waals surface area contributed by atoms with Crippen molar-refractivity contribution in [3.8, 4) is 0 Å². The van der Waals surface area contributed by atoms with Crippen molar-refractivity contribution in [1.82, 2.24) is 9.80 Å². The highest BCUT2D eigenvalue weighted by Gasteiger charge is 2.33. The van der Waals surface area contributed by atoms with Crippen LogP contribution in [0.25, 0.3) is 0 Å². The van der Waals surface area contributed by atoms with Crippen molar-refractivity contribution in [3.63, 3.8) is 0 Å². The standard InChI is InChI=1S/C27H28F3N3O2/c1-3-33(18-24(34)31-23-17-11-10-16-22(23)27(28,29)30)19-25(35)32(2)26(20-12-6-4-7-13-20)21-14-8-5-9-15-21/h4-17,26H,3,18-19H2,1-2H3,(H,31,34). The summed E-state index contributed by atoms with van der Waals surface area (Å²) in [7, 11) is 1.71. The summed E-state index contributed by atoms with van der Waals surface area (Å²) in [5.74, 6) is -0.838. The van der Waals surface area contributed by atoms with Gasteiger partial charge in [-0.2, -0.15) is 13.2 Å². The topological polar surface area (TPSA) is 52.7 Å². The summed E-state index contributed by atoms with van der Waals surface area (Å²) in [5, 5.41) is 2.33. The van der Waals surface area contributed by atoms with Crippen LogP contribution < -0.4 is 5.32 Å². The molecule has 0 radical (unpaired) electrons. The smallest absolute Gasteiger partial charge is 0.334 e. The van der Waals surface area contributed by atoms with Gasteiger partial charge in [-0.3, -0.25) is 14.5 Å². The second-order valence-corrected chi connectivity index (χ2v) is 8.12. The number of halogens is 3. The maximum atomic E-state index is 13.2. The van der Waals surface area contributed by atoms with E-state index >= 15 is 0 Å². The van der Waals surface area contributed by atoms with Crippen molar-refractivity contribution in [2.24, 2.45) is 0 Å². The number of benzene rings is 3. The van der Waals surface area contributed by atoms with Crippen molar-refractivity contribution in [2.75, 3.05) is 32.0 Å². The first kappa shape index (κ1) is 26.0. The molecular weight excluding hydrogens is 455 g/mol. The van der Waals surface area contributed by atoms with Crippen LogP contribution in [0.1, 0.15) is 29.7 Å². The minimum absolute atomic E-state index is 0.0580. The SMILES string of the molecule is CCN(CC(=O)Nc1ccccc1C(F)(F)F)CC(=O)N(C)C(c1ccccc1)c1ccccc1. The largest absolute Gasteiger partial charge is 0.418 e. The Morgan fingerprint density at radius 3 is 1.86 bits per heavy atom. The fraction of sp³-hybridized carbons (Fsp3) is 0.259. The number of rotatable bonds is 9. The van der Waals surface area contributed by atoms with Gasteiger partial charge in [0.15, 0.2) is 0 Å². The van der Waals surface area contributed by atoms with Crippen molar-refractivity contribution < 1.29 is 22.8 Å². The van der Waals surface area contributed by atoms with Gasteiger partial charge < -0.3 is 10.2 Å². The van der Waals surface area contributed by atoms with Crippen LogP contribution in [0, 0.1) is 0 Å². The summed E-state index contributed by atoms with van der Waals surface area (Å²) in [5.41, 5.74) is 0.664. The lowest BCUT2D eigenvalue weighted by Crippen LogP contribution is -2.43. The maximum absolute atomic E-state index is 13.2. The quantitative estimate of drug-likeness (QED) is 0.454. The average Bonchev–Trinajstić information content (AvgIpc) is 2.84. The number of likely N-dealkylation sites (N-methyl/N-ethyl adjacent to an activating group) is 2. The highest BCUT2D eigenvalue weighted by atomic mass is 19.4. The molecule has 0 atom stereocenters. The lowest BCUT2D eigenvalue weighted by atomic mass is 9.97. The number of hydrogen-bond acceptors (Lipinski definition) is 3. The first-order valence-corrected chi connectivity index (χ1v) is 11.2. The van der Waals surface area contributed by atoms with E-state index in [-0.39, 0.29) is 30.7 Å². The maximum Gasteiger partial charge on any atom is 0.418 e. The molecule has 1 N–H and O–H groups in total. The van der Waals surface area contributed by atoms with E-state index in [1.165, 1.54) is 18.2 Å². The summed E-state index contributed by atoms with van der Waals surface area (Å²) in [4.78, 5) is 29.0. The van der Waals surface area contributed by atoms with Gasteiger partial charge in [-0.1, -0.05) is 79.7 Å². The molecule has 3 aromatic rings. The summed E-state index contributed by atoms with van der Waals surface area (Å²) >= 11 is 0. The first-order chi connectivity index (χ1) is 16.7. The predicted molar refractivity (Wildman–Crippen MR) is 130 cm³/mol. The van der Waals surface area contributed by atoms with Crippen LogP contribution in [-0.4, -0.2) is 48.3 Å². The number of alkyl halides is 3. The molecule has 184 valence electrons. The zero-order valence-corrected chi connectivity index (χ0v) is 19.6. The average molecular weight is 484 g/mol. The van der Waals surface area contributed by atoms with Crippen LogP contribution in [-0.2, 0) is 15.8 Å². The van der Waals surface area contributed by atoms with Gasteiger partial charge in [0, 0.05) is 7.05 Å². The zero-order chi connectivity index (χ0) is 25.4. The van der Waals surface area contributed by atoms with Crippen molar-refractivity contribution in [3.05, 3.63) is 102 Å². The molecule has 0 heterocycles. The molecule has 3 rings (SSSR count). The van der Waals surface area contributed by atoms with Crippen LogP contribution in [0.5, 0.6) is 0 Å². The van der Waals surface area contributed by atoms with E-state index < -0.39 is 17.6 Å². The zero-order valence-electron chi connectivity index (χ0n) is 19.6. The molecule has 0 aliphatic carbocycles. The molecular formula is C27H28F3N3O2. The Morgan fingerprint density at radius 2 is 1.34 bits per heavy atom. The highest BCUT2D eigenvalue weighted by Crippen LogP contribution is 2.34. The number of amides is 2. The third kappa shape index (κ3) is 6.93. The number of nitrogens with zero attached hydrogens (tertiary/aromatic N) is 2. The molecule has 0 fully saturated rings. The van der Waals surface area contributed by atoms with Crippen molar-refractivity contribution >= 4 is 17.5 Å². The number of carbonyl (C=O) groups is 2. The van der Waals surface area contributed by atoms with Crippen LogP contribution in [0.15, 0.2) is 84.9 Å². The Kier molecular flexibility index (Phi) is 8.65. The van der Waals surface area contributed by atoms with Crippen molar-refractivity contribution in [2.45, 2.75) is 19.1 Å². The molecule has 8 heteroatoms. The monoisotopic (exact) mass is 483 g/mol. The predicted octanol–water partition coefficient (Wildman–Crippen LogP) is 5.21. The number of anilines is 1.